The lowest BCUT2D eigenvalue weighted by Crippen LogP contribution is -2.41. The molecule has 1 atom stereocenters. The molecular formula is C16H30BrNO. The van der Waals surface area contributed by atoms with Crippen molar-refractivity contribution in [3.8, 4) is 0 Å². The molecule has 1 rings (SSSR count). The topological polar surface area (TPSA) is 20.3 Å². The maximum Gasteiger partial charge on any atom is 0.222 e. The smallest absolute Gasteiger partial charge is 0.222 e. The van der Waals surface area contributed by atoms with E-state index in [9.17, 15) is 4.79 Å². The average molecular weight is 332 g/mol. The fourth-order valence-electron chi connectivity index (χ4n) is 3.00. The van der Waals surface area contributed by atoms with Gasteiger partial charge in [-0.2, -0.15) is 0 Å². The van der Waals surface area contributed by atoms with Crippen LogP contribution in [0.15, 0.2) is 0 Å². The van der Waals surface area contributed by atoms with E-state index in [1.807, 2.05) is 0 Å². The molecule has 0 aromatic carbocycles. The van der Waals surface area contributed by atoms with Crippen molar-refractivity contribution in [1.29, 1.82) is 0 Å². The normalized spacial score (nSPS) is 21.9. The Morgan fingerprint density at radius 3 is 2.42 bits per heavy atom. The Morgan fingerprint density at radius 1 is 1.32 bits per heavy atom. The number of nitrogens with zero attached hydrogens (tertiary/aromatic N) is 1. The zero-order chi connectivity index (χ0) is 14.5. The van der Waals surface area contributed by atoms with Gasteiger partial charge in [-0.3, -0.25) is 4.79 Å². The van der Waals surface area contributed by atoms with Gasteiger partial charge in [0.1, 0.15) is 0 Å². The zero-order valence-electron chi connectivity index (χ0n) is 13.0. The summed E-state index contributed by atoms with van der Waals surface area (Å²) in [6.45, 7) is 10.9. The molecular weight excluding hydrogens is 302 g/mol. The largest absolute Gasteiger partial charge is 0.342 e. The lowest BCUT2D eigenvalue weighted by molar-refractivity contribution is -0.132. The summed E-state index contributed by atoms with van der Waals surface area (Å²) in [6, 6.07) is 0. The molecule has 0 saturated carbocycles. The molecule has 3 heteroatoms. The lowest BCUT2D eigenvalue weighted by atomic mass is 9.84. The van der Waals surface area contributed by atoms with Crippen LogP contribution >= 0.6 is 15.9 Å². The Labute approximate surface area is 127 Å². The van der Waals surface area contributed by atoms with E-state index in [0.29, 0.717) is 11.8 Å². The van der Waals surface area contributed by atoms with Crippen LogP contribution in [-0.2, 0) is 4.79 Å². The highest BCUT2D eigenvalue weighted by Crippen LogP contribution is 2.32. The number of carbonyl (C=O) groups excluding carboxylic acids is 1. The third-order valence-corrected chi connectivity index (χ3v) is 6.29. The molecule has 1 heterocycles. The van der Waals surface area contributed by atoms with Crippen molar-refractivity contribution < 1.29 is 4.79 Å². The molecule has 1 aliphatic rings. The van der Waals surface area contributed by atoms with Crippen molar-refractivity contribution in [2.45, 2.75) is 59.8 Å². The molecule has 1 amide bonds. The second-order valence-corrected chi connectivity index (χ2v) is 7.05. The van der Waals surface area contributed by atoms with E-state index >= 15 is 0 Å². The summed E-state index contributed by atoms with van der Waals surface area (Å²) in [4.78, 5) is 14.5. The summed E-state index contributed by atoms with van der Waals surface area (Å²) >= 11 is 3.66. The van der Waals surface area contributed by atoms with E-state index in [1.165, 1.54) is 6.42 Å². The van der Waals surface area contributed by atoms with Crippen molar-refractivity contribution in [2.24, 2.45) is 17.3 Å². The number of rotatable bonds is 6. The van der Waals surface area contributed by atoms with Gasteiger partial charge in [0.25, 0.3) is 0 Å². The first kappa shape index (κ1) is 17.0. The quantitative estimate of drug-likeness (QED) is 0.657. The zero-order valence-corrected chi connectivity index (χ0v) is 14.6. The van der Waals surface area contributed by atoms with Gasteiger partial charge in [0.2, 0.25) is 5.91 Å². The number of likely N-dealkylation sites (tertiary alicyclic amines) is 1. The Kier molecular flexibility index (Phi) is 6.85. The minimum absolute atomic E-state index is 0.257. The predicted octanol–water partition coefficient (Wildman–Crippen LogP) is 4.47. The Bertz CT molecular complexity index is 278. The van der Waals surface area contributed by atoms with E-state index in [1.54, 1.807) is 0 Å². The van der Waals surface area contributed by atoms with Crippen molar-refractivity contribution in [3.05, 3.63) is 0 Å². The molecule has 0 N–H and O–H groups in total. The Morgan fingerprint density at radius 2 is 1.95 bits per heavy atom. The minimum Gasteiger partial charge on any atom is -0.342 e. The van der Waals surface area contributed by atoms with Gasteiger partial charge in [0.15, 0.2) is 0 Å². The van der Waals surface area contributed by atoms with E-state index in [-0.39, 0.29) is 5.41 Å². The SMILES string of the molecule is CCC(CC)(CBr)CN1CCC(C(C)C)CCC1=O. The summed E-state index contributed by atoms with van der Waals surface area (Å²) in [7, 11) is 0. The Hall–Kier alpha value is -0.0500. The van der Waals surface area contributed by atoms with Gasteiger partial charge >= 0.3 is 0 Å². The standard InChI is InChI=1S/C16H30BrNO/c1-5-16(6-2,11-17)12-18-10-9-14(13(3)4)7-8-15(18)19/h13-14H,5-12H2,1-4H3. The summed E-state index contributed by atoms with van der Waals surface area (Å²) in [5.41, 5.74) is 0.257. The molecule has 1 saturated heterocycles. The van der Waals surface area contributed by atoms with Crippen LogP contribution in [0.2, 0.25) is 0 Å². The van der Waals surface area contributed by atoms with Crippen molar-refractivity contribution in [3.63, 3.8) is 0 Å². The molecule has 1 unspecified atom stereocenters. The molecule has 0 aromatic heterocycles. The number of carbonyl (C=O) groups is 1. The summed E-state index contributed by atoms with van der Waals surface area (Å²) < 4.78 is 0. The summed E-state index contributed by atoms with van der Waals surface area (Å²) in [5.74, 6) is 1.79. The van der Waals surface area contributed by atoms with Gasteiger partial charge in [0.05, 0.1) is 0 Å². The highest BCUT2D eigenvalue weighted by Gasteiger charge is 2.32. The van der Waals surface area contributed by atoms with Crippen LogP contribution in [0, 0.1) is 17.3 Å². The van der Waals surface area contributed by atoms with Crippen LogP contribution in [0.3, 0.4) is 0 Å². The number of hydrogen-bond donors (Lipinski definition) is 0. The maximum absolute atomic E-state index is 12.3. The fraction of sp³-hybridized carbons (Fsp3) is 0.938. The predicted molar refractivity (Wildman–Crippen MR) is 85.6 cm³/mol. The van der Waals surface area contributed by atoms with Gasteiger partial charge in [-0.1, -0.05) is 43.6 Å². The van der Waals surface area contributed by atoms with Gasteiger partial charge < -0.3 is 4.90 Å². The Balaban J connectivity index is 2.69. The minimum atomic E-state index is 0.257. The van der Waals surface area contributed by atoms with Crippen molar-refractivity contribution in [1.82, 2.24) is 4.90 Å². The fourth-order valence-corrected chi connectivity index (χ4v) is 3.97. The molecule has 0 aliphatic carbocycles. The van der Waals surface area contributed by atoms with Gasteiger partial charge in [0, 0.05) is 24.8 Å². The highest BCUT2D eigenvalue weighted by molar-refractivity contribution is 9.09. The third-order valence-electron chi connectivity index (χ3n) is 5.10. The van der Waals surface area contributed by atoms with Gasteiger partial charge in [-0.15, -0.1) is 0 Å². The monoisotopic (exact) mass is 331 g/mol. The van der Waals surface area contributed by atoms with Crippen LogP contribution in [0.4, 0.5) is 0 Å². The first-order valence-electron chi connectivity index (χ1n) is 7.81. The number of amides is 1. The summed E-state index contributed by atoms with van der Waals surface area (Å²) in [6.07, 6.45) is 5.26. The van der Waals surface area contributed by atoms with Crippen LogP contribution in [0.25, 0.3) is 0 Å². The van der Waals surface area contributed by atoms with Crippen LogP contribution in [-0.4, -0.2) is 29.2 Å². The highest BCUT2D eigenvalue weighted by atomic mass is 79.9. The van der Waals surface area contributed by atoms with E-state index in [4.69, 9.17) is 0 Å². The average Bonchev–Trinajstić information content (AvgIpc) is 2.59. The van der Waals surface area contributed by atoms with Crippen LogP contribution in [0.5, 0.6) is 0 Å². The van der Waals surface area contributed by atoms with Crippen molar-refractivity contribution >= 4 is 21.8 Å². The molecule has 19 heavy (non-hydrogen) atoms. The molecule has 0 radical (unpaired) electrons. The molecule has 1 aliphatic heterocycles. The van der Waals surface area contributed by atoms with Gasteiger partial charge in [-0.05, 0) is 42.9 Å². The second-order valence-electron chi connectivity index (χ2n) is 6.49. The van der Waals surface area contributed by atoms with Gasteiger partial charge in [-0.25, -0.2) is 0 Å². The number of hydrogen-bond acceptors (Lipinski definition) is 1. The molecule has 1 fully saturated rings. The first-order valence-corrected chi connectivity index (χ1v) is 8.94. The third kappa shape index (κ3) is 4.47. The number of halogens is 1. The maximum atomic E-state index is 12.3. The molecule has 0 spiro atoms. The lowest BCUT2D eigenvalue weighted by Gasteiger charge is -2.35. The number of alkyl halides is 1. The summed E-state index contributed by atoms with van der Waals surface area (Å²) in [5, 5.41) is 0.990. The van der Waals surface area contributed by atoms with E-state index in [0.717, 1.165) is 50.0 Å². The molecule has 112 valence electrons. The molecule has 2 nitrogen and oxygen atoms in total. The first-order chi connectivity index (χ1) is 8.98. The van der Waals surface area contributed by atoms with Crippen LogP contribution < -0.4 is 0 Å². The molecule has 0 aromatic rings. The van der Waals surface area contributed by atoms with Crippen molar-refractivity contribution in [2.75, 3.05) is 18.4 Å². The molecule has 0 bridgehead atoms. The van der Waals surface area contributed by atoms with E-state index in [2.05, 4.69) is 48.5 Å². The van der Waals surface area contributed by atoms with E-state index < -0.39 is 0 Å². The van der Waals surface area contributed by atoms with Crippen LogP contribution in [0.1, 0.15) is 59.8 Å². The second kappa shape index (κ2) is 7.66.